The van der Waals surface area contributed by atoms with Gasteiger partial charge in [-0.25, -0.2) is 0 Å². The first-order valence-corrected chi connectivity index (χ1v) is 8.23. The molecule has 1 fully saturated rings. The van der Waals surface area contributed by atoms with E-state index in [1.165, 1.54) is 38.0 Å². The van der Waals surface area contributed by atoms with E-state index in [4.69, 9.17) is 11.6 Å². The Morgan fingerprint density at radius 1 is 1.37 bits per heavy atom. The van der Waals surface area contributed by atoms with Crippen molar-refractivity contribution in [2.24, 2.45) is 5.92 Å². The van der Waals surface area contributed by atoms with Crippen molar-refractivity contribution in [3.8, 4) is 0 Å². The van der Waals surface area contributed by atoms with Gasteiger partial charge in [0.1, 0.15) is 0 Å². The van der Waals surface area contributed by atoms with Crippen LogP contribution in [-0.4, -0.2) is 31.1 Å². The molecular formula is C15H22BrClN2. The fourth-order valence-electron chi connectivity index (χ4n) is 2.59. The van der Waals surface area contributed by atoms with Crippen molar-refractivity contribution in [2.45, 2.75) is 26.3 Å². The van der Waals surface area contributed by atoms with Crippen LogP contribution in [0.15, 0.2) is 22.7 Å². The Morgan fingerprint density at radius 2 is 2.11 bits per heavy atom. The lowest BCUT2D eigenvalue weighted by Gasteiger charge is -2.32. The number of hydrogen-bond acceptors (Lipinski definition) is 2. The summed E-state index contributed by atoms with van der Waals surface area (Å²) in [5, 5.41) is 4.26. The molecule has 2 rings (SSSR count). The van der Waals surface area contributed by atoms with Crippen molar-refractivity contribution in [3.63, 3.8) is 0 Å². The zero-order valence-corrected chi connectivity index (χ0v) is 13.8. The second kappa shape index (κ2) is 7.63. The van der Waals surface area contributed by atoms with E-state index < -0.39 is 0 Å². The highest BCUT2D eigenvalue weighted by molar-refractivity contribution is 9.10. The molecule has 1 aromatic carbocycles. The summed E-state index contributed by atoms with van der Waals surface area (Å²) >= 11 is 9.57. The molecule has 0 aliphatic carbocycles. The van der Waals surface area contributed by atoms with Gasteiger partial charge in [0.05, 0.1) is 5.02 Å². The first-order chi connectivity index (χ1) is 9.19. The van der Waals surface area contributed by atoms with Crippen LogP contribution in [0.3, 0.4) is 0 Å². The second-order valence-electron chi connectivity index (χ2n) is 5.28. The third kappa shape index (κ3) is 4.75. The molecule has 0 unspecified atom stereocenters. The minimum Gasteiger partial charge on any atom is -0.317 e. The van der Waals surface area contributed by atoms with Crippen LogP contribution in [-0.2, 0) is 6.54 Å². The van der Waals surface area contributed by atoms with Crippen molar-refractivity contribution in [1.82, 2.24) is 10.2 Å². The Morgan fingerprint density at radius 3 is 2.74 bits per heavy atom. The van der Waals surface area contributed by atoms with Gasteiger partial charge in [-0.3, -0.25) is 4.90 Å². The molecular weight excluding hydrogens is 324 g/mol. The number of nitrogens with zero attached hydrogens (tertiary/aromatic N) is 1. The van der Waals surface area contributed by atoms with E-state index in [-0.39, 0.29) is 0 Å². The van der Waals surface area contributed by atoms with Crippen LogP contribution < -0.4 is 5.32 Å². The molecule has 1 aromatic rings. The number of likely N-dealkylation sites (tertiary alicyclic amines) is 1. The predicted octanol–water partition coefficient (Wildman–Crippen LogP) is 3.92. The summed E-state index contributed by atoms with van der Waals surface area (Å²) in [6.07, 6.45) is 2.61. The third-order valence-electron chi connectivity index (χ3n) is 3.78. The van der Waals surface area contributed by atoms with Gasteiger partial charge in [0.15, 0.2) is 0 Å². The summed E-state index contributed by atoms with van der Waals surface area (Å²) in [7, 11) is 0. The van der Waals surface area contributed by atoms with Crippen LogP contribution >= 0.6 is 27.5 Å². The first-order valence-electron chi connectivity index (χ1n) is 7.06. The molecule has 0 aromatic heterocycles. The van der Waals surface area contributed by atoms with Gasteiger partial charge in [-0.05, 0) is 78.6 Å². The Labute approximate surface area is 129 Å². The van der Waals surface area contributed by atoms with Crippen LogP contribution in [0.1, 0.15) is 25.3 Å². The summed E-state index contributed by atoms with van der Waals surface area (Å²) in [6, 6.07) is 6.26. The molecule has 4 heteroatoms. The number of piperidine rings is 1. The highest BCUT2D eigenvalue weighted by Gasteiger charge is 2.18. The summed E-state index contributed by atoms with van der Waals surface area (Å²) in [5.41, 5.74) is 1.30. The maximum absolute atomic E-state index is 6.14. The molecule has 106 valence electrons. The molecule has 0 atom stereocenters. The molecule has 19 heavy (non-hydrogen) atoms. The SMILES string of the molecule is CCNCC1CCN(Cc2ccc(Br)c(Cl)c2)CC1. The minimum absolute atomic E-state index is 0.805. The average Bonchev–Trinajstić information content (AvgIpc) is 2.42. The molecule has 2 nitrogen and oxygen atoms in total. The van der Waals surface area contributed by atoms with Crippen LogP contribution in [0, 0.1) is 5.92 Å². The van der Waals surface area contributed by atoms with Crippen molar-refractivity contribution in [2.75, 3.05) is 26.2 Å². The summed E-state index contributed by atoms with van der Waals surface area (Å²) in [5.74, 6) is 0.852. The van der Waals surface area contributed by atoms with Gasteiger partial charge in [-0.1, -0.05) is 24.6 Å². The van der Waals surface area contributed by atoms with Crippen molar-refractivity contribution >= 4 is 27.5 Å². The van der Waals surface area contributed by atoms with Gasteiger partial charge in [0.25, 0.3) is 0 Å². The topological polar surface area (TPSA) is 15.3 Å². The smallest absolute Gasteiger partial charge is 0.0551 e. The quantitative estimate of drug-likeness (QED) is 0.870. The molecule has 1 aliphatic heterocycles. The maximum atomic E-state index is 6.14. The standard InChI is InChI=1S/C15H22BrClN2/c1-2-18-10-12-5-7-19(8-6-12)11-13-3-4-14(16)15(17)9-13/h3-4,9,12,18H,2,5-8,10-11H2,1H3. The second-order valence-corrected chi connectivity index (χ2v) is 6.54. The maximum Gasteiger partial charge on any atom is 0.0551 e. The van der Waals surface area contributed by atoms with Gasteiger partial charge < -0.3 is 5.32 Å². The summed E-state index contributed by atoms with van der Waals surface area (Å²) in [4.78, 5) is 2.53. The number of halogens is 2. The molecule has 1 aliphatic rings. The van der Waals surface area contributed by atoms with Crippen LogP contribution in [0.25, 0.3) is 0 Å². The summed E-state index contributed by atoms with van der Waals surface area (Å²) in [6.45, 7) is 7.84. The molecule has 0 saturated carbocycles. The molecule has 1 N–H and O–H groups in total. The number of benzene rings is 1. The zero-order chi connectivity index (χ0) is 13.7. The zero-order valence-electron chi connectivity index (χ0n) is 11.5. The fraction of sp³-hybridized carbons (Fsp3) is 0.600. The van der Waals surface area contributed by atoms with Crippen molar-refractivity contribution in [3.05, 3.63) is 33.3 Å². The summed E-state index contributed by atoms with van der Waals surface area (Å²) < 4.78 is 0.974. The van der Waals surface area contributed by atoms with E-state index in [0.29, 0.717) is 0 Å². The van der Waals surface area contributed by atoms with E-state index in [9.17, 15) is 0 Å². The number of nitrogens with one attached hydrogen (secondary N) is 1. The molecule has 0 bridgehead atoms. The predicted molar refractivity (Wildman–Crippen MR) is 85.7 cm³/mol. The molecule has 0 amide bonds. The normalized spacial score (nSPS) is 17.8. The van der Waals surface area contributed by atoms with E-state index in [2.05, 4.69) is 45.2 Å². The van der Waals surface area contributed by atoms with Gasteiger partial charge in [-0.2, -0.15) is 0 Å². The lowest BCUT2D eigenvalue weighted by atomic mass is 9.96. The highest BCUT2D eigenvalue weighted by Crippen LogP contribution is 2.25. The van der Waals surface area contributed by atoms with Crippen LogP contribution in [0.4, 0.5) is 0 Å². The Hall–Kier alpha value is -0.0900. The Balaban J connectivity index is 1.80. The average molecular weight is 346 g/mol. The van der Waals surface area contributed by atoms with Crippen molar-refractivity contribution < 1.29 is 0 Å². The van der Waals surface area contributed by atoms with Crippen molar-refractivity contribution in [1.29, 1.82) is 0 Å². The van der Waals surface area contributed by atoms with E-state index in [0.717, 1.165) is 28.5 Å². The monoisotopic (exact) mass is 344 g/mol. The van der Waals surface area contributed by atoms with Gasteiger partial charge >= 0.3 is 0 Å². The third-order valence-corrected chi connectivity index (χ3v) is 5.01. The largest absolute Gasteiger partial charge is 0.317 e. The Bertz CT molecular complexity index is 403. The minimum atomic E-state index is 0.805. The first kappa shape index (κ1) is 15.3. The molecule has 1 heterocycles. The lowest BCUT2D eigenvalue weighted by Crippen LogP contribution is -2.36. The number of hydrogen-bond donors (Lipinski definition) is 1. The highest BCUT2D eigenvalue weighted by atomic mass is 79.9. The molecule has 1 saturated heterocycles. The van der Waals surface area contributed by atoms with Crippen LogP contribution in [0.2, 0.25) is 5.02 Å². The van der Waals surface area contributed by atoms with E-state index in [1.807, 2.05) is 6.07 Å². The fourth-order valence-corrected chi connectivity index (χ4v) is 3.04. The van der Waals surface area contributed by atoms with Crippen LogP contribution in [0.5, 0.6) is 0 Å². The number of rotatable bonds is 5. The van der Waals surface area contributed by atoms with E-state index >= 15 is 0 Å². The Kier molecular flexibility index (Phi) is 6.14. The van der Waals surface area contributed by atoms with Gasteiger partial charge in [0, 0.05) is 11.0 Å². The van der Waals surface area contributed by atoms with Gasteiger partial charge in [-0.15, -0.1) is 0 Å². The van der Waals surface area contributed by atoms with Gasteiger partial charge in [0.2, 0.25) is 0 Å². The lowest BCUT2D eigenvalue weighted by molar-refractivity contribution is 0.176. The molecule has 0 radical (unpaired) electrons. The van der Waals surface area contributed by atoms with E-state index in [1.54, 1.807) is 0 Å². The molecule has 0 spiro atoms.